The molecule has 6 aromatic carbocycles. The van der Waals surface area contributed by atoms with Gasteiger partial charge in [0.15, 0.2) is 0 Å². The maximum Gasteiger partial charge on any atom is 0.262 e. The Morgan fingerprint density at radius 2 is 0.844 bits per heavy atom. The number of aromatic nitrogens is 11. The quantitative estimate of drug-likeness (QED) is 0.0120. The van der Waals surface area contributed by atoms with Crippen molar-refractivity contribution in [2.45, 2.75) is 190 Å². The number of nitrogens with two attached hydrogens (primary N) is 1. The number of nitrogen functional groups attached to an aromatic ring is 1. The van der Waals surface area contributed by atoms with Crippen LogP contribution in [0.4, 0.5) is 17.8 Å². The minimum Gasteiger partial charge on any atom is -0.496 e. The van der Waals surface area contributed by atoms with Gasteiger partial charge in [0.2, 0.25) is 29.7 Å². The van der Waals surface area contributed by atoms with E-state index >= 15 is 0 Å². The fourth-order valence-electron chi connectivity index (χ4n) is 15.0. The van der Waals surface area contributed by atoms with Crippen LogP contribution in [0.1, 0.15) is 175 Å². The third kappa shape index (κ3) is 26.7. The number of unbranched alkanes of at least 4 members (excludes halogenated alkanes) is 8. The summed E-state index contributed by atoms with van der Waals surface area (Å²) >= 11 is 19.0. The lowest BCUT2D eigenvalue weighted by molar-refractivity contribution is -0.117. The Labute approximate surface area is 730 Å². The lowest BCUT2D eigenvalue weighted by Gasteiger charge is -2.22. The topological polar surface area (TPSA) is 272 Å². The standard InChI is InChI=1S/C30H31ClN6O.C29H34ClN5O.C29H35N5O2.C9H12ClNO/c1-20-14-33-25(21(2)27(20)38-3)19-37-18-24(26-28(31)34-30(32)35-29(26)37)17-36(15-22-10-6-4-7-11-22)16-23-12-8-5-9-13-23;1-2-3-4-5-12-17-25(36)32-29-33-27(30)26-24(18-31-28(26)34-29)21-35(19-22-13-8-6-9-14-22)20-23-15-10-7-11-16-23;1-2-3-4-5-12-17-25(35)31-29-32-27-26(28(36)33-29)24(18-30-27)21-34(19-22-13-8-6-9-14-22)20-23-15-10-7-11-16-23;1-6-5-11-8(4-10)7(2)9(6)12-3/h4-14,18H,15-17,19H2,1-3H3,(H2,32,34,35);6-11,13-16,18H,2-5,12,17,19-21H2,1H3,(H2,31,32,33,34,36);6-11,13-16,18H,2-5,12,17,19-21H2,1H3,(H3,30,31,32,33,35,36);5H,4H2,1-3H3. The number of benzene rings is 6. The zero-order valence-corrected chi connectivity index (χ0v) is 73.4. The second-order valence-electron chi connectivity index (χ2n) is 30.7. The highest BCUT2D eigenvalue weighted by atomic mass is 35.5. The smallest absolute Gasteiger partial charge is 0.262 e. The molecule has 636 valence electrons. The van der Waals surface area contributed by atoms with Crippen LogP contribution >= 0.6 is 34.8 Å². The highest BCUT2D eigenvalue weighted by molar-refractivity contribution is 6.35. The molecular formula is C97H112Cl3N17O5. The molecule has 22 nitrogen and oxygen atoms in total. The largest absolute Gasteiger partial charge is 0.496 e. The molecule has 14 rings (SSSR count). The van der Waals surface area contributed by atoms with Gasteiger partial charge < -0.3 is 29.7 Å². The number of ether oxygens (including phenoxy) is 2. The molecule has 0 fully saturated rings. The second kappa shape index (κ2) is 47.0. The number of carbonyl (C=O) groups excluding carboxylic acids is 2. The molecule has 0 unspecified atom stereocenters. The Hall–Kier alpha value is -11.6. The number of nitrogens with zero attached hydrogens (tertiary/aromatic N) is 11. The first kappa shape index (κ1) is 91.1. The molecular weight excluding hydrogens is 1590 g/mol. The van der Waals surface area contributed by atoms with Crippen molar-refractivity contribution in [1.29, 1.82) is 0 Å². The summed E-state index contributed by atoms with van der Waals surface area (Å²) in [5.74, 6) is 2.53. The lowest BCUT2D eigenvalue weighted by atomic mass is 10.1. The molecule has 0 aliphatic heterocycles. The lowest BCUT2D eigenvalue weighted by Crippen LogP contribution is -2.23. The summed E-state index contributed by atoms with van der Waals surface area (Å²) in [4.78, 5) is 85.0. The van der Waals surface area contributed by atoms with Crippen molar-refractivity contribution in [1.82, 2.24) is 69.1 Å². The van der Waals surface area contributed by atoms with Crippen LogP contribution in [-0.2, 0) is 80.9 Å². The number of fused-ring (bicyclic) bond motifs is 3. The molecule has 8 aromatic heterocycles. The van der Waals surface area contributed by atoms with E-state index in [1.54, 1.807) is 20.4 Å². The highest BCUT2D eigenvalue weighted by Crippen LogP contribution is 2.34. The zero-order valence-electron chi connectivity index (χ0n) is 71.1. The van der Waals surface area contributed by atoms with Gasteiger partial charge in [0.1, 0.15) is 38.7 Å². The van der Waals surface area contributed by atoms with Gasteiger partial charge in [-0.3, -0.25) is 54.7 Å². The molecule has 122 heavy (non-hydrogen) atoms. The Balaban J connectivity index is 0.000000167. The monoisotopic (exact) mass is 1700 g/mol. The van der Waals surface area contributed by atoms with Crippen LogP contribution in [0.25, 0.3) is 33.1 Å². The molecule has 0 spiro atoms. The number of anilines is 3. The number of aromatic amines is 3. The molecule has 0 aliphatic carbocycles. The molecule has 0 bridgehead atoms. The van der Waals surface area contributed by atoms with Crippen molar-refractivity contribution < 1.29 is 19.1 Å². The fraction of sp³-hybridized carbons (Fsp3) is 0.320. The summed E-state index contributed by atoms with van der Waals surface area (Å²) in [6.07, 6.45) is 21.3. The number of pyridine rings is 2. The van der Waals surface area contributed by atoms with Gasteiger partial charge in [0.25, 0.3) is 5.56 Å². The fourth-order valence-corrected chi connectivity index (χ4v) is 15.9. The number of carbonyl (C=O) groups is 2. The van der Waals surface area contributed by atoms with E-state index in [1.807, 2.05) is 107 Å². The van der Waals surface area contributed by atoms with E-state index in [0.29, 0.717) is 77.5 Å². The summed E-state index contributed by atoms with van der Waals surface area (Å²) in [7, 11) is 3.34. The van der Waals surface area contributed by atoms with Crippen molar-refractivity contribution in [3.05, 3.63) is 317 Å². The first-order valence-corrected chi connectivity index (χ1v) is 43.2. The van der Waals surface area contributed by atoms with Crippen molar-refractivity contribution >= 4 is 97.6 Å². The van der Waals surface area contributed by atoms with Crippen molar-refractivity contribution in [3.8, 4) is 11.5 Å². The number of methoxy groups -OCH3 is 2. The Morgan fingerprint density at radius 3 is 1.27 bits per heavy atom. The first-order chi connectivity index (χ1) is 59.4. The van der Waals surface area contributed by atoms with Gasteiger partial charge in [0.05, 0.1) is 54.2 Å². The summed E-state index contributed by atoms with van der Waals surface area (Å²) in [6.45, 7) is 19.4. The molecule has 0 aliphatic rings. The van der Waals surface area contributed by atoms with E-state index in [1.165, 1.54) is 59.1 Å². The molecule has 2 amide bonds. The Morgan fingerprint density at radius 1 is 0.459 bits per heavy atom. The molecule has 14 aromatic rings. The second-order valence-corrected chi connectivity index (χ2v) is 31.7. The van der Waals surface area contributed by atoms with Gasteiger partial charge in [-0.25, -0.2) is 4.98 Å². The van der Waals surface area contributed by atoms with Gasteiger partial charge in [-0.15, -0.1) is 11.6 Å². The molecule has 25 heteroatoms. The van der Waals surface area contributed by atoms with Crippen LogP contribution in [0.2, 0.25) is 10.3 Å². The van der Waals surface area contributed by atoms with E-state index in [9.17, 15) is 14.4 Å². The molecule has 0 saturated heterocycles. The summed E-state index contributed by atoms with van der Waals surface area (Å²) in [6, 6.07) is 62.5. The van der Waals surface area contributed by atoms with E-state index in [0.717, 1.165) is 150 Å². The number of halogens is 3. The van der Waals surface area contributed by atoms with E-state index in [4.69, 9.17) is 55.0 Å². The number of hydrogen-bond acceptors (Lipinski definition) is 16. The summed E-state index contributed by atoms with van der Waals surface area (Å²) < 4.78 is 12.9. The molecule has 0 saturated carbocycles. The zero-order chi connectivity index (χ0) is 86.1. The molecule has 0 radical (unpaired) electrons. The van der Waals surface area contributed by atoms with Gasteiger partial charge >= 0.3 is 0 Å². The molecule has 8 heterocycles. The van der Waals surface area contributed by atoms with E-state index in [2.05, 4.69) is 216 Å². The predicted octanol–water partition coefficient (Wildman–Crippen LogP) is 21.2. The highest BCUT2D eigenvalue weighted by Gasteiger charge is 2.24. The van der Waals surface area contributed by atoms with Crippen molar-refractivity contribution in [2.24, 2.45) is 0 Å². The van der Waals surface area contributed by atoms with Crippen molar-refractivity contribution in [2.75, 3.05) is 30.6 Å². The van der Waals surface area contributed by atoms with Crippen LogP contribution in [0.15, 0.2) is 218 Å². The number of aryl methyl sites for hydroxylation is 2. The van der Waals surface area contributed by atoms with Crippen LogP contribution in [0, 0.1) is 27.7 Å². The average Bonchev–Trinajstić information content (AvgIpc) is 1.62. The molecule has 0 atom stereocenters. The van der Waals surface area contributed by atoms with Gasteiger partial charge in [0, 0.05) is 125 Å². The summed E-state index contributed by atoms with van der Waals surface area (Å²) in [5, 5.41) is 8.37. The number of hydrogen-bond donors (Lipinski definition) is 6. The van der Waals surface area contributed by atoms with Crippen LogP contribution in [-0.4, -0.2) is 95.1 Å². The Kier molecular flexibility index (Phi) is 35.1. The normalized spacial score (nSPS) is 11.2. The van der Waals surface area contributed by atoms with E-state index < -0.39 is 0 Å². The van der Waals surface area contributed by atoms with Crippen LogP contribution in [0.5, 0.6) is 11.5 Å². The maximum absolute atomic E-state index is 13.0. The van der Waals surface area contributed by atoms with Gasteiger partial charge in [-0.2, -0.15) is 19.9 Å². The number of amides is 2. The third-order valence-corrected chi connectivity index (χ3v) is 21.9. The maximum atomic E-state index is 13.0. The first-order valence-electron chi connectivity index (χ1n) is 41.9. The number of rotatable bonds is 37. The van der Waals surface area contributed by atoms with Crippen molar-refractivity contribution in [3.63, 3.8) is 0 Å². The third-order valence-electron chi connectivity index (χ3n) is 21.1. The van der Waals surface area contributed by atoms with Crippen LogP contribution < -0.4 is 31.4 Å². The minimum atomic E-state index is -0.256. The van der Waals surface area contributed by atoms with Gasteiger partial charge in [-0.1, -0.05) is 270 Å². The SMILES string of the molecule is CCCCCCCC(=O)Nc1nc(Cl)c2c(CN(Cc3ccccc3)Cc3ccccc3)c[nH]c2n1.CCCCCCCC(=O)Nc1nc2[nH]cc(CN(Cc3ccccc3)Cc3ccccc3)c2c(=O)[nH]1.COc1c(C)cnc(CCl)c1C.COc1c(C)cnc(Cn2cc(CN(Cc3ccccc3)Cc3ccccc3)c3c(Cl)nc(N)nc32)c1C. The van der Waals surface area contributed by atoms with Crippen LogP contribution in [0.3, 0.4) is 0 Å². The predicted molar refractivity (Wildman–Crippen MR) is 493 cm³/mol. The Bertz CT molecular complexity index is 5560. The van der Waals surface area contributed by atoms with E-state index in [-0.39, 0.29) is 35.2 Å². The number of H-pyrrole nitrogens is 3. The molecule has 7 N–H and O–H groups in total. The van der Waals surface area contributed by atoms with Gasteiger partial charge in [-0.05, 0) is 90.6 Å². The minimum absolute atomic E-state index is 0.0782. The number of nitrogens with one attached hydrogen (secondary N) is 5. The summed E-state index contributed by atoms with van der Waals surface area (Å²) in [5.41, 5.74) is 23.8. The number of alkyl halides is 1. The average molecular weight is 1700 g/mol.